The van der Waals surface area contributed by atoms with Gasteiger partial charge in [-0.05, 0) is 36.8 Å². The van der Waals surface area contributed by atoms with Crippen LogP contribution < -0.4 is 5.32 Å². The second-order valence-electron chi connectivity index (χ2n) is 4.78. The maximum Gasteiger partial charge on any atom is 0.337 e. The third kappa shape index (κ3) is 2.77. The van der Waals surface area contributed by atoms with Crippen LogP contribution in [-0.4, -0.2) is 35.1 Å². The molecule has 2 rings (SSSR count). The Morgan fingerprint density at radius 1 is 1.41 bits per heavy atom. The van der Waals surface area contributed by atoms with Crippen molar-refractivity contribution in [1.29, 1.82) is 0 Å². The third-order valence-electron chi connectivity index (χ3n) is 3.60. The van der Waals surface area contributed by atoms with Crippen molar-refractivity contribution in [3.8, 4) is 0 Å². The first kappa shape index (κ1) is 15.9. The van der Waals surface area contributed by atoms with Crippen molar-refractivity contribution in [1.82, 2.24) is 10.2 Å². The minimum absolute atomic E-state index is 0.0143. The average molecular weight is 321 g/mol. The highest BCUT2D eigenvalue weighted by atomic mass is 32.1. The van der Waals surface area contributed by atoms with Crippen molar-refractivity contribution in [3.05, 3.63) is 51.2 Å². The molecule has 1 aliphatic rings. The molecule has 1 unspecified atom stereocenters. The Morgan fingerprint density at radius 2 is 2.00 bits per heavy atom. The summed E-state index contributed by atoms with van der Waals surface area (Å²) in [5.74, 6) is -0.470. The average Bonchev–Trinajstić information content (AvgIpc) is 2.51. The predicted octanol–water partition coefficient (Wildman–Crippen LogP) is 1.90. The van der Waals surface area contributed by atoms with Gasteiger partial charge in [0.15, 0.2) is 5.11 Å². The molecule has 1 N–H and O–H groups in total. The minimum atomic E-state index is -0.503. The minimum Gasteiger partial charge on any atom is -0.466 e. The molecule has 1 aromatic rings. The van der Waals surface area contributed by atoms with Crippen LogP contribution in [0.4, 0.5) is 5.69 Å². The molecule has 0 saturated heterocycles. The summed E-state index contributed by atoms with van der Waals surface area (Å²) in [6.07, 6.45) is 0. The molecule has 1 aromatic carbocycles. The van der Waals surface area contributed by atoms with Crippen molar-refractivity contribution >= 4 is 29.0 Å². The van der Waals surface area contributed by atoms with Crippen molar-refractivity contribution in [2.75, 3.05) is 14.2 Å². The number of allylic oxidation sites excluding steroid dienone is 1. The largest absolute Gasteiger partial charge is 0.466 e. The number of hydrogen-bond acceptors (Lipinski definition) is 5. The van der Waals surface area contributed by atoms with Crippen molar-refractivity contribution in [2.24, 2.45) is 0 Å². The number of hydrogen-bond donors (Lipinski definition) is 1. The molecule has 0 aliphatic carbocycles. The number of thiocarbonyl (C=S) groups is 1. The number of benzene rings is 1. The van der Waals surface area contributed by atoms with Gasteiger partial charge in [0, 0.05) is 24.9 Å². The zero-order valence-corrected chi connectivity index (χ0v) is 13.1. The predicted molar refractivity (Wildman–Crippen MR) is 84.1 cm³/mol. The molecule has 0 amide bonds. The van der Waals surface area contributed by atoms with Crippen LogP contribution in [0.3, 0.4) is 0 Å². The zero-order valence-electron chi connectivity index (χ0n) is 12.3. The molecule has 1 aliphatic heterocycles. The Kier molecular flexibility index (Phi) is 4.41. The van der Waals surface area contributed by atoms with Gasteiger partial charge in [-0.1, -0.05) is 0 Å². The molecule has 0 spiro atoms. The molecule has 0 fully saturated rings. The molecule has 0 saturated carbocycles. The molecule has 0 aromatic heterocycles. The van der Waals surface area contributed by atoms with Crippen LogP contribution >= 0.6 is 12.2 Å². The first-order chi connectivity index (χ1) is 10.4. The highest BCUT2D eigenvalue weighted by molar-refractivity contribution is 7.80. The van der Waals surface area contributed by atoms with Crippen LogP contribution in [0.25, 0.3) is 0 Å². The number of carbonyl (C=O) groups excluding carboxylic acids is 1. The lowest BCUT2D eigenvalue weighted by atomic mass is 9.95. The van der Waals surface area contributed by atoms with Crippen molar-refractivity contribution in [2.45, 2.75) is 13.0 Å². The summed E-state index contributed by atoms with van der Waals surface area (Å²) in [6, 6.07) is 5.47. The summed E-state index contributed by atoms with van der Waals surface area (Å²) < 4.78 is 4.84. The summed E-state index contributed by atoms with van der Waals surface area (Å²) in [6.45, 7) is 1.78. The van der Waals surface area contributed by atoms with Crippen LogP contribution in [0, 0.1) is 10.1 Å². The first-order valence-corrected chi connectivity index (χ1v) is 6.85. The van der Waals surface area contributed by atoms with E-state index in [9.17, 15) is 14.9 Å². The van der Waals surface area contributed by atoms with Gasteiger partial charge < -0.3 is 15.0 Å². The Labute approximate surface area is 132 Å². The SMILES string of the molecule is COC(=O)C1=C(C)N(C)C(=S)NC1c1ccc([N+](=O)[O-])cc1. The van der Waals surface area contributed by atoms with E-state index in [1.165, 1.54) is 19.2 Å². The number of nitrogens with zero attached hydrogens (tertiary/aromatic N) is 2. The van der Waals surface area contributed by atoms with Gasteiger partial charge in [0.2, 0.25) is 0 Å². The molecule has 1 atom stereocenters. The Balaban J connectivity index is 2.49. The van der Waals surface area contributed by atoms with E-state index >= 15 is 0 Å². The van der Waals surface area contributed by atoms with Crippen LogP contribution in [-0.2, 0) is 9.53 Å². The van der Waals surface area contributed by atoms with Crippen LogP contribution in [0.5, 0.6) is 0 Å². The van der Waals surface area contributed by atoms with E-state index in [0.29, 0.717) is 21.9 Å². The van der Waals surface area contributed by atoms with E-state index in [2.05, 4.69) is 5.32 Å². The number of nitro benzene ring substituents is 1. The third-order valence-corrected chi connectivity index (χ3v) is 3.99. The highest BCUT2D eigenvalue weighted by Gasteiger charge is 2.33. The molecule has 1 heterocycles. The number of nitrogens with one attached hydrogen (secondary N) is 1. The van der Waals surface area contributed by atoms with Crippen molar-refractivity contribution < 1.29 is 14.5 Å². The van der Waals surface area contributed by atoms with Crippen LogP contribution in [0.15, 0.2) is 35.5 Å². The number of methoxy groups -OCH3 is 1. The topological polar surface area (TPSA) is 84.7 Å². The second kappa shape index (κ2) is 6.10. The molecular weight excluding hydrogens is 306 g/mol. The molecule has 7 nitrogen and oxygen atoms in total. The summed E-state index contributed by atoms with van der Waals surface area (Å²) in [5, 5.41) is 14.3. The second-order valence-corrected chi connectivity index (χ2v) is 5.17. The number of nitro groups is 1. The first-order valence-electron chi connectivity index (χ1n) is 6.44. The van der Waals surface area contributed by atoms with Gasteiger partial charge in [-0.15, -0.1) is 0 Å². The van der Waals surface area contributed by atoms with Gasteiger partial charge in [-0.2, -0.15) is 0 Å². The fraction of sp³-hybridized carbons (Fsp3) is 0.286. The maximum absolute atomic E-state index is 12.1. The molecular formula is C14H15N3O4S. The Morgan fingerprint density at radius 3 is 2.50 bits per heavy atom. The monoisotopic (exact) mass is 321 g/mol. The zero-order chi connectivity index (χ0) is 16.4. The van der Waals surface area contributed by atoms with Gasteiger partial charge in [0.05, 0.1) is 23.6 Å². The van der Waals surface area contributed by atoms with Crippen LogP contribution in [0.1, 0.15) is 18.5 Å². The number of ether oxygens (including phenoxy) is 1. The number of esters is 1. The van der Waals surface area contributed by atoms with E-state index in [-0.39, 0.29) is 5.69 Å². The van der Waals surface area contributed by atoms with E-state index in [1.54, 1.807) is 31.0 Å². The normalized spacial score (nSPS) is 18.0. The van der Waals surface area contributed by atoms with Gasteiger partial charge >= 0.3 is 5.97 Å². The molecule has 116 valence electrons. The lowest BCUT2D eigenvalue weighted by Crippen LogP contribution is -2.46. The van der Waals surface area contributed by atoms with E-state index in [0.717, 1.165) is 0 Å². The quantitative estimate of drug-likeness (QED) is 0.394. The highest BCUT2D eigenvalue weighted by Crippen LogP contribution is 2.31. The van der Waals surface area contributed by atoms with Crippen LogP contribution in [0.2, 0.25) is 0 Å². The number of rotatable bonds is 3. The molecule has 0 bridgehead atoms. The van der Waals surface area contributed by atoms with Gasteiger partial charge in [0.25, 0.3) is 5.69 Å². The van der Waals surface area contributed by atoms with Gasteiger partial charge in [-0.3, -0.25) is 10.1 Å². The fourth-order valence-electron chi connectivity index (χ4n) is 2.25. The lowest BCUT2D eigenvalue weighted by molar-refractivity contribution is -0.384. The van der Waals surface area contributed by atoms with Crippen molar-refractivity contribution in [3.63, 3.8) is 0 Å². The Hall–Kier alpha value is -2.48. The molecule has 8 heteroatoms. The molecule has 0 radical (unpaired) electrons. The Bertz CT molecular complexity index is 669. The van der Waals surface area contributed by atoms with E-state index in [4.69, 9.17) is 17.0 Å². The smallest absolute Gasteiger partial charge is 0.337 e. The standard InChI is InChI=1S/C14H15N3O4S/c1-8-11(13(18)21-3)12(15-14(22)16(8)2)9-4-6-10(7-5-9)17(19)20/h4-7,12H,1-3H3,(H,15,22). The lowest BCUT2D eigenvalue weighted by Gasteiger charge is -2.35. The van der Waals surface area contributed by atoms with Gasteiger partial charge in [-0.25, -0.2) is 4.79 Å². The number of carbonyl (C=O) groups is 1. The summed E-state index contributed by atoms with van der Waals surface area (Å²) in [7, 11) is 3.06. The van der Waals surface area contributed by atoms with Gasteiger partial charge in [0.1, 0.15) is 0 Å². The fourth-order valence-corrected chi connectivity index (χ4v) is 2.50. The summed E-state index contributed by atoms with van der Waals surface area (Å²) in [5.41, 5.74) is 1.78. The summed E-state index contributed by atoms with van der Waals surface area (Å²) in [4.78, 5) is 24.0. The molecule has 22 heavy (non-hydrogen) atoms. The van der Waals surface area contributed by atoms with E-state index < -0.39 is 16.9 Å². The maximum atomic E-state index is 12.1. The summed E-state index contributed by atoms with van der Waals surface area (Å²) >= 11 is 5.25. The number of non-ortho nitro benzene ring substituents is 1. The van der Waals surface area contributed by atoms with E-state index in [1.807, 2.05) is 0 Å².